The van der Waals surface area contributed by atoms with Crippen LogP contribution >= 0.6 is 23.2 Å². The molecule has 0 nitrogen and oxygen atoms in total. The van der Waals surface area contributed by atoms with Gasteiger partial charge in [0.25, 0.3) is 0 Å². The molecule has 0 aliphatic carbocycles. The molecule has 0 unspecified atom stereocenters. The summed E-state index contributed by atoms with van der Waals surface area (Å²) in [6.07, 6.45) is 0. The minimum absolute atomic E-state index is 0.0262. The fourth-order valence-electron chi connectivity index (χ4n) is 0.573. The Kier molecular flexibility index (Phi) is 2.07. The molecule has 0 aromatic heterocycles. The molecule has 1 aliphatic heterocycles. The molecule has 1 fully saturated rings. The van der Waals surface area contributed by atoms with Crippen LogP contribution in [0, 0.1) is 0 Å². The Morgan fingerprint density at radius 1 is 1.43 bits per heavy atom. The fraction of sp³-hybridized carbons (Fsp3) is 1.00. The van der Waals surface area contributed by atoms with Gasteiger partial charge in [-0.1, -0.05) is 0 Å². The Balaban J connectivity index is 2.43. The zero-order chi connectivity index (χ0) is 5.49. The van der Waals surface area contributed by atoms with Gasteiger partial charge in [-0.15, -0.1) is 0 Å². The van der Waals surface area contributed by atoms with Crippen LogP contribution in [0.15, 0.2) is 0 Å². The second-order valence-electron chi connectivity index (χ2n) is 1.81. The molecule has 0 atom stereocenters. The van der Waals surface area contributed by atoms with Gasteiger partial charge < -0.3 is 0 Å². The van der Waals surface area contributed by atoms with E-state index in [9.17, 15) is 0 Å². The van der Waals surface area contributed by atoms with E-state index in [0.29, 0.717) is 0 Å². The summed E-state index contributed by atoms with van der Waals surface area (Å²) in [7, 11) is 0. The molecule has 1 saturated heterocycles. The van der Waals surface area contributed by atoms with Crippen LogP contribution in [-0.4, -0.2) is 9.77 Å². The van der Waals surface area contributed by atoms with Crippen molar-refractivity contribution in [3.63, 3.8) is 0 Å². The van der Waals surface area contributed by atoms with Crippen molar-refractivity contribution in [2.45, 2.75) is 16.4 Å². The number of hydrogen-bond acceptors (Lipinski definition) is 0. The van der Waals surface area contributed by atoms with Crippen molar-refractivity contribution in [2.75, 3.05) is 0 Å². The Labute approximate surface area is 67.9 Å². The fourth-order valence-corrected chi connectivity index (χ4v) is 11.4. The van der Waals surface area contributed by atoms with E-state index in [4.69, 9.17) is 23.2 Å². The second kappa shape index (κ2) is 2.13. The van der Waals surface area contributed by atoms with Gasteiger partial charge in [-0.05, 0) is 0 Å². The first-order valence-electron chi connectivity index (χ1n) is 2.04. The molecule has 1 aliphatic rings. The third-order valence-corrected chi connectivity index (χ3v) is 7.04. The van der Waals surface area contributed by atoms with Gasteiger partial charge in [0.1, 0.15) is 0 Å². The van der Waals surface area contributed by atoms with Crippen molar-refractivity contribution in [3.8, 4) is 0 Å². The van der Waals surface area contributed by atoms with Crippen LogP contribution in [0.1, 0.15) is 0 Å². The molecule has 7 heavy (non-hydrogen) atoms. The van der Waals surface area contributed by atoms with Crippen LogP contribution in [-0.2, 0) is 23.3 Å². The summed E-state index contributed by atoms with van der Waals surface area (Å²) in [6.45, 7) is 0. The number of halogens is 2. The van der Waals surface area contributed by atoms with Crippen molar-refractivity contribution in [1.29, 1.82) is 0 Å². The van der Waals surface area contributed by atoms with E-state index in [-0.39, 0.29) is 9.77 Å². The predicted molar refractivity (Wildman–Crippen MR) is 29.8 cm³/mol. The number of rotatable bonds is 0. The predicted octanol–water partition coefficient (Wildman–Crippen LogP) is 1.71. The SMILES string of the molecule is ClC1(Cl)C[Si](=[Zr+2])C1. The van der Waals surface area contributed by atoms with E-state index >= 15 is 0 Å². The molecule has 0 amide bonds. The van der Waals surface area contributed by atoms with Gasteiger partial charge in [0, 0.05) is 0 Å². The van der Waals surface area contributed by atoms with Gasteiger partial charge in [0.05, 0.1) is 0 Å². The molecular formula is C3H4Cl2SiZr+2. The van der Waals surface area contributed by atoms with Gasteiger partial charge in [0.15, 0.2) is 0 Å². The van der Waals surface area contributed by atoms with E-state index in [1.807, 2.05) is 0 Å². The number of alkyl halides is 2. The van der Waals surface area contributed by atoms with Crippen LogP contribution < -0.4 is 0 Å². The maximum absolute atomic E-state index is 5.70. The molecular weight excluding hydrogens is 226 g/mol. The van der Waals surface area contributed by atoms with Crippen LogP contribution in [0.2, 0.25) is 12.1 Å². The van der Waals surface area contributed by atoms with E-state index in [1.54, 1.807) is 23.3 Å². The first kappa shape index (κ1) is 6.80. The zero-order valence-electron chi connectivity index (χ0n) is 3.67. The zero-order valence-corrected chi connectivity index (χ0v) is 8.64. The van der Waals surface area contributed by atoms with Crippen molar-refractivity contribution >= 4 is 28.6 Å². The molecule has 1 rings (SSSR count). The summed E-state index contributed by atoms with van der Waals surface area (Å²) in [6, 6.07) is 2.22. The normalized spacial score (nSPS) is 27.1. The Bertz CT molecular complexity index is 102. The average Bonchev–Trinajstić information content (AvgIpc) is 1.27. The molecule has 1 heterocycles. The van der Waals surface area contributed by atoms with Crippen LogP contribution in [0.4, 0.5) is 0 Å². The first-order chi connectivity index (χ1) is 3.10. The molecule has 0 spiro atoms. The molecule has 0 bridgehead atoms. The molecule has 0 aromatic carbocycles. The topological polar surface area (TPSA) is 0 Å². The standard InChI is InChI=1S/C3H4Cl2Si.Zr/c4-3(5)1-6-2-3;/h1-2H2;/q;+2. The summed E-state index contributed by atoms with van der Waals surface area (Å²) in [5.74, 6) is 0. The molecule has 36 valence electrons. The van der Waals surface area contributed by atoms with Gasteiger partial charge in [0.2, 0.25) is 0 Å². The van der Waals surface area contributed by atoms with Gasteiger partial charge in [-0.2, -0.15) is 0 Å². The first-order valence-corrected chi connectivity index (χ1v) is 8.40. The summed E-state index contributed by atoms with van der Waals surface area (Å²) in [5.41, 5.74) is 0.0262. The summed E-state index contributed by atoms with van der Waals surface area (Å²) in [5, 5.41) is 0. The Morgan fingerprint density at radius 3 is 1.86 bits per heavy atom. The van der Waals surface area contributed by atoms with Crippen molar-refractivity contribution < 1.29 is 23.3 Å². The third-order valence-electron chi connectivity index (χ3n) is 0.944. The van der Waals surface area contributed by atoms with Crippen molar-refractivity contribution in [3.05, 3.63) is 0 Å². The van der Waals surface area contributed by atoms with Crippen LogP contribution in [0.25, 0.3) is 0 Å². The Hall–Kier alpha value is 1.68. The molecule has 0 radical (unpaired) electrons. The molecule has 4 heteroatoms. The van der Waals surface area contributed by atoms with Gasteiger partial charge >= 0.3 is 68.4 Å². The van der Waals surface area contributed by atoms with E-state index < -0.39 is 0 Å². The summed E-state index contributed by atoms with van der Waals surface area (Å²) in [4.78, 5) is 0. The third kappa shape index (κ3) is 1.82. The van der Waals surface area contributed by atoms with Gasteiger partial charge in [-0.25, -0.2) is 0 Å². The van der Waals surface area contributed by atoms with E-state index in [1.165, 1.54) is 0 Å². The monoisotopic (exact) mass is 228 g/mol. The molecule has 0 N–H and O–H groups in total. The van der Waals surface area contributed by atoms with Crippen LogP contribution in [0.5, 0.6) is 0 Å². The van der Waals surface area contributed by atoms with Gasteiger partial charge in [-0.3, -0.25) is 0 Å². The van der Waals surface area contributed by atoms with E-state index in [0.717, 1.165) is 12.1 Å². The minimum atomic E-state index is -0.294. The quantitative estimate of drug-likeness (QED) is 0.439. The van der Waals surface area contributed by atoms with Crippen LogP contribution in [0.3, 0.4) is 0 Å². The summed E-state index contributed by atoms with van der Waals surface area (Å²) >= 11 is 13.1. The second-order valence-corrected chi connectivity index (χ2v) is 10.6. The summed E-state index contributed by atoms with van der Waals surface area (Å²) < 4.78 is -0.294. The molecule has 0 saturated carbocycles. The Morgan fingerprint density at radius 2 is 1.86 bits per heavy atom. The van der Waals surface area contributed by atoms with Crippen molar-refractivity contribution in [1.82, 2.24) is 0 Å². The number of hydrogen-bond donors (Lipinski definition) is 0. The van der Waals surface area contributed by atoms with E-state index in [2.05, 4.69) is 0 Å². The average molecular weight is 230 g/mol. The maximum atomic E-state index is 5.70. The van der Waals surface area contributed by atoms with Crippen molar-refractivity contribution in [2.24, 2.45) is 0 Å². The molecule has 0 aromatic rings.